The number of hydrogen-bond acceptors (Lipinski definition) is 5. The number of para-hydroxylation sites is 1. The van der Waals surface area contributed by atoms with Gasteiger partial charge in [-0.15, -0.1) is 0 Å². The summed E-state index contributed by atoms with van der Waals surface area (Å²) in [5.41, 5.74) is 5.15. The molecule has 4 aromatic carbocycles. The second-order valence-electron chi connectivity index (χ2n) is 9.79. The number of aromatic nitrogens is 2. The van der Waals surface area contributed by atoms with E-state index in [-0.39, 0.29) is 18.6 Å². The monoisotopic (exact) mass is 516 g/mol. The van der Waals surface area contributed by atoms with E-state index < -0.39 is 0 Å². The van der Waals surface area contributed by atoms with Crippen LogP contribution in [-0.4, -0.2) is 33.4 Å². The molecule has 6 heteroatoms. The third kappa shape index (κ3) is 6.79. The normalized spacial score (nSPS) is 10.9. The SMILES string of the molecule is CC(C)Nc1ncnc2ccc(-c3cccc(CN(Cc4ccccc4)C(=O)COc4ccccc4)c3)cc12. The molecule has 5 rings (SSSR count). The first-order valence-electron chi connectivity index (χ1n) is 13.2. The van der Waals surface area contributed by atoms with E-state index >= 15 is 0 Å². The molecule has 0 aliphatic heterocycles. The van der Waals surface area contributed by atoms with Gasteiger partial charge in [-0.05, 0) is 66.4 Å². The second-order valence-corrected chi connectivity index (χ2v) is 9.79. The van der Waals surface area contributed by atoms with Gasteiger partial charge in [-0.3, -0.25) is 4.79 Å². The van der Waals surface area contributed by atoms with Gasteiger partial charge >= 0.3 is 0 Å². The van der Waals surface area contributed by atoms with Gasteiger partial charge < -0.3 is 15.0 Å². The van der Waals surface area contributed by atoms with Crippen molar-refractivity contribution in [2.24, 2.45) is 0 Å². The Morgan fingerprint density at radius 3 is 2.26 bits per heavy atom. The summed E-state index contributed by atoms with van der Waals surface area (Å²) in [6, 6.07) is 34.3. The van der Waals surface area contributed by atoms with E-state index in [1.165, 1.54) is 0 Å². The zero-order valence-electron chi connectivity index (χ0n) is 22.2. The molecule has 1 aromatic heterocycles. The maximum absolute atomic E-state index is 13.3. The van der Waals surface area contributed by atoms with Crippen molar-refractivity contribution < 1.29 is 9.53 Å². The van der Waals surface area contributed by atoms with Crippen LogP contribution in [0.2, 0.25) is 0 Å². The molecule has 0 radical (unpaired) electrons. The minimum Gasteiger partial charge on any atom is -0.484 e. The predicted octanol–water partition coefficient (Wildman–Crippen LogP) is 6.72. The number of carbonyl (C=O) groups is 1. The number of fused-ring (bicyclic) bond motifs is 1. The molecule has 1 heterocycles. The van der Waals surface area contributed by atoms with Crippen molar-refractivity contribution >= 4 is 22.6 Å². The average molecular weight is 517 g/mol. The fourth-order valence-corrected chi connectivity index (χ4v) is 4.48. The molecule has 0 unspecified atom stereocenters. The third-order valence-electron chi connectivity index (χ3n) is 6.37. The zero-order valence-corrected chi connectivity index (χ0v) is 22.2. The minimum atomic E-state index is -0.0691. The van der Waals surface area contributed by atoms with E-state index in [0.29, 0.717) is 18.8 Å². The summed E-state index contributed by atoms with van der Waals surface area (Å²) >= 11 is 0. The molecule has 0 saturated heterocycles. The van der Waals surface area contributed by atoms with E-state index in [4.69, 9.17) is 4.74 Å². The van der Waals surface area contributed by atoms with Crippen LogP contribution in [0.5, 0.6) is 5.75 Å². The number of ether oxygens (including phenoxy) is 1. The highest BCUT2D eigenvalue weighted by molar-refractivity contribution is 5.92. The van der Waals surface area contributed by atoms with Crippen molar-refractivity contribution in [2.45, 2.75) is 33.0 Å². The Hall–Kier alpha value is -4.71. The molecule has 0 spiro atoms. The van der Waals surface area contributed by atoms with Gasteiger partial charge in [0, 0.05) is 24.5 Å². The minimum absolute atomic E-state index is 0.0210. The molecule has 0 saturated carbocycles. The maximum Gasteiger partial charge on any atom is 0.261 e. The Balaban J connectivity index is 1.39. The first-order valence-corrected chi connectivity index (χ1v) is 13.2. The zero-order chi connectivity index (χ0) is 27.0. The maximum atomic E-state index is 13.3. The largest absolute Gasteiger partial charge is 0.484 e. The van der Waals surface area contributed by atoms with E-state index in [1.807, 2.05) is 77.7 Å². The van der Waals surface area contributed by atoms with Crippen LogP contribution in [0.15, 0.2) is 109 Å². The molecule has 6 nitrogen and oxygen atoms in total. The highest BCUT2D eigenvalue weighted by Crippen LogP contribution is 2.28. The Morgan fingerprint density at radius 1 is 0.795 bits per heavy atom. The van der Waals surface area contributed by atoms with Gasteiger partial charge in [-0.25, -0.2) is 9.97 Å². The van der Waals surface area contributed by atoms with E-state index in [0.717, 1.165) is 39.0 Å². The van der Waals surface area contributed by atoms with Gasteiger partial charge in [0.1, 0.15) is 17.9 Å². The summed E-state index contributed by atoms with van der Waals surface area (Å²) in [6.45, 7) is 5.13. The van der Waals surface area contributed by atoms with Crippen LogP contribution in [0.1, 0.15) is 25.0 Å². The van der Waals surface area contributed by atoms with Crippen molar-refractivity contribution in [1.82, 2.24) is 14.9 Å². The standard InChI is InChI=1S/C33H32N4O2/c1-24(2)36-33-30-19-28(16-17-31(30)34-23-35-33)27-13-9-12-26(18-27)21-37(20-25-10-5-3-6-11-25)32(38)22-39-29-14-7-4-8-15-29/h3-19,23-24H,20-22H2,1-2H3,(H,34,35,36). The number of benzene rings is 4. The molecule has 1 amide bonds. The van der Waals surface area contributed by atoms with Crippen LogP contribution in [-0.2, 0) is 17.9 Å². The molecule has 196 valence electrons. The summed E-state index contributed by atoms with van der Waals surface area (Å²) in [4.78, 5) is 24.1. The van der Waals surface area contributed by atoms with Gasteiger partial charge in [0.15, 0.2) is 6.61 Å². The third-order valence-corrected chi connectivity index (χ3v) is 6.37. The molecule has 0 fully saturated rings. The van der Waals surface area contributed by atoms with Crippen LogP contribution >= 0.6 is 0 Å². The van der Waals surface area contributed by atoms with E-state index in [2.05, 4.69) is 59.5 Å². The lowest BCUT2D eigenvalue weighted by molar-refractivity contribution is -0.134. The Morgan fingerprint density at radius 2 is 1.49 bits per heavy atom. The molecule has 5 aromatic rings. The summed E-state index contributed by atoms with van der Waals surface area (Å²) in [5, 5.41) is 4.40. The van der Waals surface area contributed by atoms with Crippen molar-refractivity contribution in [3.63, 3.8) is 0 Å². The molecular weight excluding hydrogens is 484 g/mol. The van der Waals surface area contributed by atoms with Crippen molar-refractivity contribution in [3.8, 4) is 16.9 Å². The molecule has 0 aliphatic carbocycles. The molecular formula is C33H32N4O2. The highest BCUT2D eigenvalue weighted by atomic mass is 16.5. The fraction of sp³-hybridized carbons (Fsp3) is 0.182. The first kappa shape index (κ1) is 25.9. The lowest BCUT2D eigenvalue weighted by Crippen LogP contribution is -2.34. The summed E-state index contributed by atoms with van der Waals surface area (Å²) in [5.74, 6) is 1.44. The highest BCUT2D eigenvalue weighted by Gasteiger charge is 2.16. The Kier molecular flexibility index (Phi) is 8.12. The number of amides is 1. The second kappa shape index (κ2) is 12.2. The fourth-order valence-electron chi connectivity index (χ4n) is 4.48. The first-order chi connectivity index (χ1) is 19.0. The van der Waals surface area contributed by atoms with Crippen LogP contribution in [0.3, 0.4) is 0 Å². The number of rotatable bonds is 10. The van der Waals surface area contributed by atoms with Crippen molar-refractivity contribution in [1.29, 1.82) is 0 Å². The summed E-state index contributed by atoms with van der Waals surface area (Å²) in [6.07, 6.45) is 1.59. The smallest absolute Gasteiger partial charge is 0.261 e. The molecule has 0 aliphatic rings. The Labute approximate surface area is 229 Å². The number of nitrogens with zero attached hydrogens (tertiary/aromatic N) is 3. The van der Waals surface area contributed by atoms with E-state index in [9.17, 15) is 4.79 Å². The lowest BCUT2D eigenvalue weighted by Gasteiger charge is -2.23. The number of carbonyl (C=O) groups excluding carboxylic acids is 1. The molecule has 0 atom stereocenters. The van der Waals surface area contributed by atoms with Gasteiger partial charge in [-0.2, -0.15) is 0 Å². The van der Waals surface area contributed by atoms with Crippen LogP contribution in [0.4, 0.5) is 5.82 Å². The van der Waals surface area contributed by atoms with Gasteiger partial charge in [-0.1, -0.05) is 72.8 Å². The van der Waals surface area contributed by atoms with Gasteiger partial charge in [0.2, 0.25) is 0 Å². The molecule has 39 heavy (non-hydrogen) atoms. The van der Waals surface area contributed by atoms with Crippen molar-refractivity contribution in [3.05, 3.63) is 121 Å². The number of nitrogens with one attached hydrogen (secondary N) is 1. The summed E-state index contributed by atoms with van der Waals surface area (Å²) in [7, 11) is 0. The predicted molar refractivity (Wildman–Crippen MR) is 156 cm³/mol. The Bertz CT molecular complexity index is 1540. The lowest BCUT2D eigenvalue weighted by atomic mass is 10.0. The average Bonchev–Trinajstić information content (AvgIpc) is 2.96. The molecule has 1 N–H and O–H groups in total. The van der Waals surface area contributed by atoms with Gasteiger partial charge in [0.25, 0.3) is 5.91 Å². The van der Waals surface area contributed by atoms with Gasteiger partial charge in [0.05, 0.1) is 5.52 Å². The number of anilines is 1. The number of hydrogen-bond donors (Lipinski definition) is 1. The van der Waals surface area contributed by atoms with Crippen molar-refractivity contribution in [2.75, 3.05) is 11.9 Å². The van der Waals surface area contributed by atoms with Crippen LogP contribution < -0.4 is 10.1 Å². The quantitative estimate of drug-likeness (QED) is 0.223. The van der Waals surface area contributed by atoms with E-state index in [1.54, 1.807) is 6.33 Å². The molecule has 0 bridgehead atoms. The summed E-state index contributed by atoms with van der Waals surface area (Å²) < 4.78 is 5.79. The van der Waals surface area contributed by atoms with Crippen LogP contribution in [0, 0.1) is 0 Å². The topological polar surface area (TPSA) is 67.4 Å². The van der Waals surface area contributed by atoms with Crippen LogP contribution in [0.25, 0.3) is 22.0 Å².